The van der Waals surface area contributed by atoms with E-state index in [4.69, 9.17) is 11.6 Å². The summed E-state index contributed by atoms with van der Waals surface area (Å²) in [6, 6.07) is 6.25. The summed E-state index contributed by atoms with van der Waals surface area (Å²) >= 11 is 9.69. The van der Waals surface area contributed by atoms with Crippen LogP contribution >= 0.6 is 27.5 Å². The second-order valence-corrected chi connectivity index (χ2v) is 6.75. The van der Waals surface area contributed by atoms with Crippen LogP contribution in [0.15, 0.2) is 22.7 Å². The van der Waals surface area contributed by atoms with Crippen molar-refractivity contribution < 1.29 is 5.11 Å². The lowest BCUT2D eigenvalue weighted by molar-refractivity contribution is 0.190. The Labute approximate surface area is 128 Å². The number of hydrogen-bond acceptors (Lipinski definition) is 2. The van der Waals surface area contributed by atoms with Gasteiger partial charge < -0.3 is 10.4 Å². The van der Waals surface area contributed by atoms with Crippen molar-refractivity contribution in [2.75, 3.05) is 13.2 Å². The minimum atomic E-state index is 0.237. The van der Waals surface area contributed by atoms with Gasteiger partial charge in [0.25, 0.3) is 0 Å². The van der Waals surface area contributed by atoms with Crippen LogP contribution in [0, 0.1) is 11.8 Å². The molecule has 0 radical (unpaired) electrons. The fraction of sp³-hybridized carbons (Fsp3) is 0.600. The van der Waals surface area contributed by atoms with Crippen LogP contribution in [0.2, 0.25) is 5.02 Å². The summed E-state index contributed by atoms with van der Waals surface area (Å²) in [4.78, 5) is 0. The third kappa shape index (κ3) is 3.94. The summed E-state index contributed by atoms with van der Waals surface area (Å²) in [6.07, 6.45) is 3.63. The fourth-order valence-corrected chi connectivity index (χ4v) is 3.75. The highest BCUT2D eigenvalue weighted by Gasteiger charge is 2.26. The molecular weight excluding hydrogens is 326 g/mol. The molecule has 0 spiro atoms. The van der Waals surface area contributed by atoms with Crippen LogP contribution in [0.1, 0.15) is 37.8 Å². The van der Waals surface area contributed by atoms with Gasteiger partial charge in [0.2, 0.25) is 0 Å². The van der Waals surface area contributed by atoms with Crippen LogP contribution in [-0.4, -0.2) is 18.3 Å². The molecule has 106 valence electrons. The standard InChI is InChI=1S/C15H21BrClNO/c1-10(14-6-5-13(16)7-15(14)17)18-8-11-3-2-4-12(11)9-19/h5-7,10-12,18-19H,2-4,8-9H2,1H3. The zero-order chi connectivity index (χ0) is 13.8. The molecule has 3 atom stereocenters. The van der Waals surface area contributed by atoms with Crippen LogP contribution < -0.4 is 5.32 Å². The number of nitrogens with one attached hydrogen (secondary N) is 1. The van der Waals surface area contributed by atoms with Gasteiger partial charge in [0.15, 0.2) is 0 Å². The van der Waals surface area contributed by atoms with Gasteiger partial charge in [-0.2, -0.15) is 0 Å². The van der Waals surface area contributed by atoms with Crippen LogP contribution in [0.3, 0.4) is 0 Å². The first-order valence-electron chi connectivity index (χ1n) is 6.91. The van der Waals surface area contributed by atoms with E-state index in [2.05, 4.69) is 34.2 Å². The van der Waals surface area contributed by atoms with E-state index < -0.39 is 0 Å². The number of aliphatic hydroxyl groups is 1. The molecule has 0 saturated heterocycles. The zero-order valence-corrected chi connectivity index (χ0v) is 13.5. The smallest absolute Gasteiger partial charge is 0.0464 e. The Morgan fingerprint density at radius 1 is 1.42 bits per heavy atom. The molecule has 1 aliphatic carbocycles. The topological polar surface area (TPSA) is 32.3 Å². The average molecular weight is 347 g/mol. The number of halogens is 2. The first-order valence-corrected chi connectivity index (χ1v) is 8.08. The van der Waals surface area contributed by atoms with Crippen molar-refractivity contribution in [1.82, 2.24) is 5.32 Å². The molecule has 2 rings (SSSR count). The van der Waals surface area contributed by atoms with Crippen molar-refractivity contribution in [3.05, 3.63) is 33.3 Å². The summed E-state index contributed by atoms with van der Waals surface area (Å²) in [6.45, 7) is 3.41. The molecular formula is C15H21BrClNO. The van der Waals surface area contributed by atoms with Crippen LogP contribution in [-0.2, 0) is 0 Å². The third-order valence-electron chi connectivity index (χ3n) is 4.17. The summed E-state index contributed by atoms with van der Waals surface area (Å²) in [5.74, 6) is 1.07. The number of hydrogen-bond donors (Lipinski definition) is 2. The summed E-state index contributed by atoms with van der Waals surface area (Å²) in [5, 5.41) is 13.7. The van der Waals surface area contributed by atoms with E-state index in [-0.39, 0.29) is 6.04 Å². The first kappa shape index (κ1) is 15.3. The lowest BCUT2D eigenvalue weighted by atomic mass is 9.96. The Kier molecular flexibility index (Phi) is 5.70. The molecule has 2 nitrogen and oxygen atoms in total. The zero-order valence-electron chi connectivity index (χ0n) is 11.2. The summed E-state index contributed by atoms with van der Waals surface area (Å²) < 4.78 is 1.00. The Morgan fingerprint density at radius 2 is 2.16 bits per heavy atom. The molecule has 1 aromatic rings. The number of benzene rings is 1. The Hall–Kier alpha value is -0.0900. The quantitative estimate of drug-likeness (QED) is 0.839. The number of rotatable bonds is 5. The van der Waals surface area contributed by atoms with Gasteiger partial charge in [0.1, 0.15) is 0 Å². The van der Waals surface area contributed by atoms with Gasteiger partial charge in [0, 0.05) is 22.1 Å². The minimum Gasteiger partial charge on any atom is -0.396 e. The second-order valence-electron chi connectivity index (χ2n) is 5.43. The van der Waals surface area contributed by atoms with Crippen LogP contribution in [0.5, 0.6) is 0 Å². The highest BCUT2D eigenvalue weighted by atomic mass is 79.9. The van der Waals surface area contributed by atoms with Gasteiger partial charge in [-0.15, -0.1) is 0 Å². The monoisotopic (exact) mass is 345 g/mol. The molecule has 0 aromatic heterocycles. The first-order chi connectivity index (χ1) is 9.11. The lowest BCUT2D eigenvalue weighted by Crippen LogP contribution is -2.29. The Balaban J connectivity index is 1.92. The highest BCUT2D eigenvalue weighted by Crippen LogP contribution is 2.32. The predicted molar refractivity (Wildman–Crippen MR) is 83.5 cm³/mol. The molecule has 0 bridgehead atoms. The summed E-state index contributed by atoms with van der Waals surface area (Å²) in [7, 11) is 0. The van der Waals surface area contributed by atoms with Crippen LogP contribution in [0.4, 0.5) is 0 Å². The fourth-order valence-electron chi connectivity index (χ4n) is 2.91. The Morgan fingerprint density at radius 3 is 2.84 bits per heavy atom. The normalized spacial score (nSPS) is 24.6. The van der Waals surface area contributed by atoms with E-state index in [0.29, 0.717) is 18.4 Å². The Bertz CT molecular complexity index is 427. The summed E-state index contributed by atoms with van der Waals surface area (Å²) in [5.41, 5.74) is 1.13. The van der Waals surface area contributed by atoms with Gasteiger partial charge in [0.05, 0.1) is 0 Å². The molecule has 0 amide bonds. The molecule has 0 heterocycles. The van der Waals surface area contributed by atoms with Gasteiger partial charge in [-0.3, -0.25) is 0 Å². The molecule has 1 saturated carbocycles. The van der Waals surface area contributed by atoms with E-state index in [9.17, 15) is 5.11 Å². The molecule has 19 heavy (non-hydrogen) atoms. The van der Waals surface area contributed by atoms with E-state index in [0.717, 1.165) is 28.0 Å². The van der Waals surface area contributed by atoms with Crippen molar-refractivity contribution in [3.8, 4) is 0 Å². The van der Waals surface area contributed by atoms with Crippen LogP contribution in [0.25, 0.3) is 0 Å². The predicted octanol–water partition coefficient (Wildman–Crippen LogP) is 4.16. The van der Waals surface area contributed by atoms with E-state index in [1.165, 1.54) is 12.8 Å². The lowest BCUT2D eigenvalue weighted by Gasteiger charge is -2.22. The average Bonchev–Trinajstić information content (AvgIpc) is 2.83. The van der Waals surface area contributed by atoms with E-state index in [1.54, 1.807) is 0 Å². The van der Waals surface area contributed by atoms with Crippen molar-refractivity contribution >= 4 is 27.5 Å². The molecule has 1 fully saturated rings. The second kappa shape index (κ2) is 7.07. The maximum Gasteiger partial charge on any atom is 0.0464 e. The van der Waals surface area contributed by atoms with Crippen molar-refractivity contribution in [2.24, 2.45) is 11.8 Å². The maximum atomic E-state index is 9.34. The minimum absolute atomic E-state index is 0.237. The van der Waals surface area contributed by atoms with Crippen molar-refractivity contribution in [3.63, 3.8) is 0 Å². The van der Waals surface area contributed by atoms with E-state index in [1.807, 2.05) is 12.1 Å². The SMILES string of the molecule is CC(NCC1CCCC1CO)c1ccc(Br)cc1Cl. The van der Waals surface area contributed by atoms with Gasteiger partial charge in [-0.25, -0.2) is 0 Å². The van der Waals surface area contributed by atoms with E-state index >= 15 is 0 Å². The molecule has 1 aromatic carbocycles. The van der Waals surface area contributed by atoms with Crippen molar-refractivity contribution in [2.45, 2.75) is 32.2 Å². The van der Waals surface area contributed by atoms with Gasteiger partial charge in [-0.1, -0.05) is 40.0 Å². The van der Waals surface area contributed by atoms with Crippen molar-refractivity contribution in [1.29, 1.82) is 0 Å². The number of aliphatic hydroxyl groups excluding tert-OH is 1. The largest absolute Gasteiger partial charge is 0.396 e. The molecule has 4 heteroatoms. The third-order valence-corrected chi connectivity index (χ3v) is 4.99. The molecule has 1 aliphatic rings. The molecule has 2 N–H and O–H groups in total. The van der Waals surface area contributed by atoms with Gasteiger partial charge in [-0.05, 0) is 55.8 Å². The van der Waals surface area contributed by atoms with Gasteiger partial charge >= 0.3 is 0 Å². The maximum absolute atomic E-state index is 9.34. The highest BCUT2D eigenvalue weighted by molar-refractivity contribution is 9.10. The molecule has 0 aliphatic heterocycles. The molecule has 3 unspecified atom stereocenters.